The molecule has 7 nitrogen and oxygen atoms in total. The molecule has 0 unspecified atom stereocenters. The number of carbonyl (C=O) groups excluding carboxylic acids is 1. The van der Waals surface area contributed by atoms with Crippen LogP contribution in [0.15, 0.2) is 48.5 Å². The van der Waals surface area contributed by atoms with Gasteiger partial charge in [-0.15, -0.1) is 0 Å². The Morgan fingerprint density at radius 2 is 2.04 bits per heavy atom. The Balaban J connectivity index is 2.05. The van der Waals surface area contributed by atoms with Crippen LogP contribution in [-0.4, -0.2) is 24.5 Å². The Bertz CT molecular complexity index is 817. The molecule has 1 amide bonds. The van der Waals surface area contributed by atoms with Crippen LogP contribution in [0.25, 0.3) is 6.08 Å². The van der Waals surface area contributed by atoms with E-state index in [4.69, 9.17) is 9.47 Å². The number of hydrogen-bond donors (Lipinski definition) is 1. The first-order valence-corrected chi connectivity index (χ1v) is 8.08. The first-order chi connectivity index (χ1) is 12.5. The van der Waals surface area contributed by atoms with Gasteiger partial charge in [0.2, 0.25) is 5.91 Å². The van der Waals surface area contributed by atoms with Crippen molar-refractivity contribution in [2.75, 3.05) is 19.0 Å². The summed E-state index contributed by atoms with van der Waals surface area (Å²) in [6, 6.07) is 11.1. The lowest BCUT2D eigenvalue weighted by molar-refractivity contribution is -0.384. The van der Waals surface area contributed by atoms with E-state index in [1.807, 2.05) is 13.0 Å². The van der Waals surface area contributed by atoms with Crippen molar-refractivity contribution < 1.29 is 19.2 Å². The van der Waals surface area contributed by atoms with Crippen LogP contribution in [0.5, 0.6) is 11.5 Å². The van der Waals surface area contributed by atoms with E-state index in [2.05, 4.69) is 5.32 Å². The molecule has 1 N–H and O–H groups in total. The summed E-state index contributed by atoms with van der Waals surface area (Å²) in [7, 11) is 1.55. The summed E-state index contributed by atoms with van der Waals surface area (Å²) < 4.78 is 10.9. The summed E-state index contributed by atoms with van der Waals surface area (Å²) >= 11 is 0. The molecule has 0 saturated carbocycles. The van der Waals surface area contributed by atoms with Crippen LogP contribution in [0, 0.1) is 10.1 Å². The molecule has 0 aliphatic heterocycles. The van der Waals surface area contributed by atoms with Gasteiger partial charge in [-0.25, -0.2) is 0 Å². The van der Waals surface area contributed by atoms with E-state index in [-0.39, 0.29) is 5.69 Å². The molecule has 136 valence electrons. The lowest BCUT2D eigenvalue weighted by Crippen LogP contribution is -2.07. The molecule has 0 radical (unpaired) electrons. The maximum atomic E-state index is 12.0. The Kier molecular flexibility index (Phi) is 6.73. The third-order valence-corrected chi connectivity index (χ3v) is 3.40. The SMILES string of the molecule is CCCOc1ccc(/C=C/C(=O)Nc2cccc([N+](=O)[O-])c2)cc1OC. The molecule has 0 atom stereocenters. The van der Waals surface area contributed by atoms with E-state index in [0.29, 0.717) is 23.8 Å². The first kappa shape index (κ1) is 19.0. The third-order valence-electron chi connectivity index (χ3n) is 3.40. The van der Waals surface area contributed by atoms with E-state index < -0.39 is 10.8 Å². The highest BCUT2D eigenvalue weighted by atomic mass is 16.6. The largest absolute Gasteiger partial charge is 0.493 e. The number of nitro benzene ring substituents is 1. The smallest absolute Gasteiger partial charge is 0.271 e. The number of nitro groups is 1. The summed E-state index contributed by atoms with van der Waals surface area (Å²) in [5.74, 6) is 0.836. The van der Waals surface area contributed by atoms with Crippen molar-refractivity contribution in [2.45, 2.75) is 13.3 Å². The predicted octanol–water partition coefficient (Wildman–Crippen LogP) is 4.04. The molecule has 0 saturated heterocycles. The van der Waals surface area contributed by atoms with E-state index in [0.717, 1.165) is 12.0 Å². The third kappa shape index (κ3) is 5.34. The second kappa shape index (κ2) is 9.22. The van der Waals surface area contributed by atoms with Crippen molar-refractivity contribution in [1.29, 1.82) is 0 Å². The zero-order valence-corrected chi connectivity index (χ0v) is 14.6. The van der Waals surface area contributed by atoms with Crippen LogP contribution < -0.4 is 14.8 Å². The van der Waals surface area contributed by atoms with E-state index in [1.54, 1.807) is 31.4 Å². The fraction of sp³-hybridized carbons (Fsp3) is 0.211. The van der Waals surface area contributed by atoms with E-state index >= 15 is 0 Å². The number of methoxy groups -OCH3 is 1. The first-order valence-electron chi connectivity index (χ1n) is 8.08. The molecule has 0 spiro atoms. The van der Waals surface area contributed by atoms with Crippen molar-refractivity contribution in [3.63, 3.8) is 0 Å². The van der Waals surface area contributed by atoms with Gasteiger partial charge in [0, 0.05) is 23.9 Å². The van der Waals surface area contributed by atoms with Gasteiger partial charge in [-0.05, 0) is 36.3 Å². The van der Waals surface area contributed by atoms with Crippen molar-refractivity contribution in [2.24, 2.45) is 0 Å². The maximum absolute atomic E-state index is 12.0. The minimum Gasteiger partial charge on any atom is -0.493 e. The van der Waals surface area contributed by atoms with Gasteiger partial charge >= 0.3 is 0 Å². The average molecular weight is 356 g/mol. The minimum atomic E-state index is -0.514. The molecule has 7 heteroatoms. The van der Waals surface area contributed by atoms with E-state index in [1.165, 1.54) is 24.3 Å². The zero-order chi connectivity index (χ0) is 18.9. The molecule has 26 heavy (non-hydrogen) atoms. The summed E-state index contributed by atoms with van der Waals surface area (Å²) in [6.07, 6.45) is 3.86. The zero-order valence-electron chi connectivity index (χ0n) is 14.6. The molecule has 0 bridgehead atoms. The van der Waals surface area contributed by atoms with Gasteiger partial charge in [0.15, 0.2) is 11.5 Å². The van der Waals surface area contributed by atoms with Gasteiger partial charge in [-0.1, -0.05) is 19.1 Å². The number of benzene rings is 2. The Labute approximate surface area is 151 Å². The highest BCUT2D eigenvalue weighted by Gasteiger charge is 2.07. The molecule has 2 aromatic carbocycles. The molecule has 0 fully saturated rings. The second-order valence-corrected chi connectivity index (χ2v) is 5.39. The van der Waals surface area contributed by atoms with Crippen LogP contribution in [0.3, 0.4) is 0 Å². The van der Waals surface area contributed by atoms with Gasteiger partial charge in [0.05, 0.1) is 18.6 Å². The quantitative estimate of drug-likeness (QED) is 0.438. The number of hydrogen-bond acceptors (Lipinski definition) is 5. The van der Waals surface area contributed by atoms with Crippen LogP contribution in [0.2, 0.25) is 0 Å². The van der Waals surface area contributed by atoms with Gasteiger partial charge in [-0.3, -0.25) is 14.9 Å². The summed E-state index contributed by atoms with van der Waals surface area (Å²) in [6.45, 7) is 2.61. The fourth-order valence-electron chi connectivity index (χ4n) is 2.17. The van der Waals surface area contributed by atoms with Crippen molar-refractivity contribution in [1.82, 2.24) is 0 Å². The number of carbonyl (C=O) groups is 1. The highest BCUT2D eigenvalue weighted by Crippen LogP contribution is 2.28. The topological polar surface area (TPSA) is 90.7 Å². The van der Waals surface area contributed by atoms with Gasteiger partial charge in [-0.2, -0.15) is 0 Å². The minimum absolute atomic E-state index is 0.0841. The standard InChI is InChI=1S/C19H20N2O5/c1-3-11-26-17-9-7-14(12-18(17)25-2)8-10-19(22)20-15-5-4-6-16(13-15)21(23)24/h4-10,12-13H,3,11H2,1-2H3,(H,20,22)/b10-8+. The molecular formula is C19H20N2O5. The monoisotopic (exact) mass is 356 g/mol. The number of nitrogens with one attached hydrogen (secondary N) is 1. The molecule has 0 aliphatic rings. The average Bonchev–Trinajstić information content (AvgIpc) is 2.65. The van der Waals surface area contributed by atoms with Crippen LogP contribution >= 0.6 is 0 Å². The molecule has 2 aromatic rings. The normalized spacial score (nSPS) is 10.5. The molecular weight excluding hydrogens is 336 g/mol. The van der Waals surface area contributed by atoms with Crippen LogP contribution in [0.1, 0.15) is 18.9 Å². The number of nitrogens with zero attached hydrogens (tertiary/aromatic N) is 1. The van der Waals surface area contributed by atoms with Crippen LogP contribution in [0.4, 0.5) is 11.4 Å². The lowest BCUT2D eigenvalue weighted by atomic mass is 10.2. The van der Waals surface area contributed by atoms with Crippen molar-refractivity contribution >= 4 is 23.4 Å². The number of rotatable bonds is 8. The highest BCUT2D eigenvalue weighted by molar-refractivity contribution is 6.02. The fourth-order valence-corrected chi connectivity index (χ4v) is 2.17. The number of anilines is 1. The summed E-state index contributed by atoms with van der Waals surface area (Å²) in [5, 5.41) is 13.3. The lowest BCUT2D eigenvalue weighted by Gasteiger charge is -2.10. The molecule has 2 rings (SSSR count). The van der Waals surface area contributed by atoms with Gasteiger partial charge in [0.1, 0.15) is 0 Å². The molecule has 0 aliphatic carbocycles. The predicted molar refractivity (Wildman–Crippen MR) is 99.5 cm³/mol. The Morgan fingerprint density at radius 1 is 1.23 bits per heavy atom. The second-order valence-electron chi connectivity index (χ2n) is 5.39. The summed E-state index contributed by atoms with van der Waals surface area (Å²) in [4.78, 5) is 22.3. The van der Waals surface area contributed by atoms with Gasteiger partial charge < -0.3 is 14.8 Å². The Morgan fingerprint density at radius 3 is 2.73 bits per heavy atom. The van der Waals surface area contributed by atoms with Crippen LogP contribution in [-0.2, 0) is 4.79 Å². The van der Waals surface area contributed by atoms with Crippen molar-refractivity contribution in [3.05, 3.63) is 64.2 Å². The summed E-state index contributed by atoms with van der Waals surface area (Å²) in [5.41, 5.74) is 1.04. The number of amides is 1. The maximum Gasteiger partial charge on any atom is 0.271 e. The number of non-ortho nitro benzene ring substituents is 1. The van der Waals surface area contributed by atoms with E-state index in [9.17, 15) is 14.9 Å². The molecule has 0 aromatic heterocycles. The molecule has 0 heterocycles. The Hall–Kier alpha value is -3.35. The van der Waals surface area contributed by atoms with Crippen molar-refractivity contribution in [3.8, 4) is 11.5 Å². The van der Waals surface area contributed by atoms with Gasteiger partial charge in [0.25, 0.3) is 5.69 Å². The number of ether oxygens (including phenoxy) is 2.